The highest BCUT2D eigenvalue weighted by Crippen LogP contribution is 2.20. The van der Waals surface area contributed by atoms with Crippen molar-refractivity contribution < 1.29 is 0 Å². The van der Waals surface area contributed by atoms with E-state index in [1.54, 1.807) is 6.20 Å². The Kier molecular flexibility index (Phi) is 2.98. The van der Waals surface area contributed by atoms with Crippen molar-refractivity contribution in [1.82, 2.24) is 9.97 Å². The van der Waals surface area contributed by atoms with Crippen LogP contribution in [0.4, 0.5) is 17.5 Å². The number of anilines is 3. The highest BCUT2D eigenvalue weighted by molar-refractivity contribution is 5.59. The van der Waals surface area contributed by atoms with E-state index in [9.17, 15) is 0 Å². The molecule has 1 aromatic carbocycles. The van der Waals surface area contributed by atoms with Gasteiger partial charge in [0.25, 0.3) is 0 Å². The predicted octanol–water partition coefficient (Wildman–Crippen LogP) is 1.53. The zero-order valence-electron chi connectivity index (χ0n) is 8.96. The monoisotopic (exact) mass is 215 g/mol. The van der Waals surface area contributed by atoms with Crippen molar-refractivity contribution in [3.63, 3.8) is 0 Å². The van der Waals surface area contributed by atoms with Crippen LogP contribution in [0.5, 0.6) is 0 Å². The second kappa shape index (κ2) is 4.59. The summed E-state index contributed by atoms with van der Waals surface area (Å²) >= 11 is 0. The van der Waals surface area contributed by atoms with E-state index >= 15 is 0 Å². The lowest BCUT2D eigenvalue weighted by molar-refractivity contribution is 1.06. The van der Waals surface area contributed by atoms with Gasteiger partial charge < -0.3 is 4.90 Å². The SMILES string of the molecule is CN(c1ccccc1)c1ccnc(NN)n1. The molecule has 0 spiro atoms. The molecule has 0 amide bonds. The van der Waals surface area contributed by atoms with Crippen molar-refractivity contribution in [3.8, 4) is 0 Å². The number of nitrogen functional groups attached to an aromatic ring is 1. The maximum Gasteiger partial charge on any atom is 0.239 e. The number of aromatic nitrogens is 2. The first-order chi connectivity index (χ1) is 7.81. The van der Waals surface area contributed by atoms with Crippen LogP contribution in [0.15, 0.2) is 42.6 Å². The number of hydrogen-bond donors (Lipinski definition) is 2. The summed E-state index contributed by atoms with van der Waals surface area (Å²) in [6.07, 6.45) is 1.66. The van der Waals surface area contributed by atoms with E-state index in [1.165, 1.54) is 0 Å². The zero-order chi connectivity index (χ0) is 11.4. The molecule has 0 aliphatic rings. The van der Waals surface area contributed by atoms with Crippen molar-refractivity contribution in [2.75, 3.05) is 17.4 Å². The van der Waals surface area contributed by atoms with E-state index in [-0.39, 0.29) is 0 Å². The topological polar surface area (TPSA) is 67.1 Å². The molecule has 0 atom stereocenters. The van der Waals surface area contributed by atoms with Crippen LogP contribution >= 0.6 is 0 Å². The number of nitrogens with two attached hydrogens (primary N) is 1. The van der Waals surface area contributed by atoms with Crippen LogP contribution in [0.1, 0.15) is 0 Å². The first-order valence-electron chi connectivity index (χ1n) is 4.89. The summed E-state index contributed by atoms with van der Waals surface area (Å²) in [4.78, 5) is 10.2. The maximum atomic E-state index is 5.26. The average Bonchev–Trinajstić information content (AvgIpc) is 2.39. The van der Waals surface area contributed by atoms with Crippen LogP contribution < -0.4 is 16.2 Å². The summed E-state index contributed by atoms with van der Waals surface area (Å²) in [7, 11) is 1.94. The lowest BCUT2D eigenvalue weighted by atomic mass is 10.3. The van der Waals surface area contributed by atoms with Gasteiger partial charge in [-0.2, -0.15) is 4.98 Å². The van der Waals surface area contributed by atoms with Crippen LogP contribution in [0.2, 0.25) is 0 Å². The first kappa shape index (κ1) is 10.4. The Morgan fingerprint density at radius 2 is 1.94 bits per heavy atom. The summed E-state index contributed by atoms with van der Waals surface area (Å²) in [6, 6.07) is 11.8. The quantitative estimate of drug-likeness (QED) is 0.600. The molecule has 0 radical (unpaired) electrons. The fourth-order valence-electron chi connectivity index (χ4n) is 1.39. The predicted molar refractivity (Wildman–Crippen MR) is 64.3 cm³/mol. The molecule has 2 rings (SSSR count). The van der Waals surface area contributed by atoms with Crippen LogP contribution in [0, 0.1) is 0 Å². The molecule has 5 nitrogen and oxygen atoms in total. The molecular formula is C11H13N5. The lowest BCUT2D eigenvalue weighted by Gasteiger charge is -2.18. The highest BCUT2D eigenvalue weighted by atomic mass is 15.3. The Labute approximate surface area is 93.9 Å². The van der Waals surface area contributed by atoms with Gasteiger partial charge in [0.1, 0.15) is 5.82 Å². The lowest BCUT2D eigenvalue weighted by Crippen LogP contribution is -2.15. The van der Waals surface area contributed by atoms with Crippen molar-refractivity contribution in [1.29, 1.82) is 0 Å². The third kappa shape index (κ3) is 2.09. The van der Waals surface area contributed by atoms with E-state index in [4.69, 9.17) is 5.84 Å². The normalized spacial score (nSPS) is 9.88. The number of rotatable bonds is 3. The smallest absolute Gasteiger partial charge is 0.239 e. The minimum absolute atomic E-state index is 0.403. The van der Waals surface area contributed by atoms with E-state index in [0.717, 1.165) is 11.5 Å². The summed E-state index contributed by atoms with van der Waals surface area (Å²) in [5.41, 5.74) is 3.48. The molecule has 1 aromatic heterocycles. The summed E-state index contributed by atoms with van der Waals surface area (Å²) < 4.78 is 0. The second-order valence-electron chi connectivity index (χ2n) is 3.28. The fourth-order valence-corrected chi connectivity index (χ4v) is 1.39. The third-order valence-electron chi connectivity index (χ3n) is 2.26. The molecular weight excluding hydrogens is 202 g/mol. The van der Waals surface area contributed by atoms with Crippen LogP contribution in [-0.4, -0.2) is 17.0 Å². The van der Waals surface area contributed by atoms with Gasteiger partial charge in [0.2, 0.25) is 5.95 Å². The van der Waals surface area contributed by atoms with Gasteiger partial charge in [-0.3, -0.25) is 5.43 Å². The van der Waals surface area contributed by atoms with Gasteiger partial charge in [-0.25, -0.2) is 10.8 Å². The van der Waals surface area contributed by atoms with Crippen molar-refractivity contribution >= 4 is 17.5 Å². The van der Waals surface area contributed by atoms with E-state index in [0.29, 0.717) is 5.95 Å². The molecule has 0 saturated carbocycles. The van der Waals surface area contributed by atoms with Crippen molar-refractivity contribution in [2.45, 2.75) is 0 Å². The maximum absolute atomic E-state index is 5.26. The minimum atomic E-state index is 0.403. The number of para-hydroxylation sites is 1. The first-order valence-corrected chi connectivity index (χ1v) is 4.89. The van der Waals surface area contributed by atoms with Crippen LogP contribution in [0.3, 0.4) is 0 Å². The fraction of sp³-hybridized carbons (Fsp3) is 0.0909. The Bertz CT molecular complexity index is 457. The van der Waals surface area contributed by atoms with E-state index in [2.05, 4.69) is 15.4 Å². The molecule has 82 valence electrons. The Balaban J connectivity index is 2.30. The summed E-state index contributed by atoms with van der Waals surface area (Å²) in [5.74, 6) is 6.45. The number of benzene rings is 1. The minimum Gasteiger partial charge on any atom is -0.329 e. The third-order valence-corrected chi connectivity index (χ3v) is 2.26. The average molecular weight is 215 g/mol. The molecule has 3 N–H and O–H groups in total. The molecule has 0 aliphatic carbocycles. The number of nitrogens with zero attached hydrogens (tertiary/aromatic N) is 3. The van der Waals surface area contributed by atoms with Crippen LogP contribution in [-0.2, 0) is 0 Å². The van der Waals surface area contributed by atoms with Gasteiger partial charge in [0.05, 0.1) is 0 Å². The highest BCUT2D eigenvalue weighted by Gasteiger charge is 2.05. The zero-order valence-corrected chi connectivity index (χ0v) is 8.96. The second-order valence-corrected chi connectivity index (χ2v) is 3.28. The van der Waals surface area contributed by atoms with Crippen molar-refractivity contribution in [2.24, 2.45) is 5.84 Å². The van der Waals surface area contributed by atoms with Gasteiger partial charge >= 0.3 is 0 Å². The van der Waals surface area contributed by atoms with Gasteiger partial charge in [0.15, 0.2) is 0 Å². The Hall–Kier alpha value is -2.14. The molecule has 0 unspecified atom stereocenters. The van der Waals surface area contributed by atoms with Gasteiger partial charge in [0, 0.05) is 18.9 Å². The molecule has 0 bridgehead atoms. The van der Waals surface area contributed by atoms with Gasteiger partial charge in [-0.1, -0.05) is 18.2 Å². The standard InChI is InChI=1S/C11H13N5/c1-16(9-5-3-2-4-6-9)10-7-8-13-11(14-10)15-12/h2-8H,12H2,1H3,(H,13,14,15). The van der Waals surface area contributed by atoms with Gasteiger partial charge in [-0.15, -0.1) is 0 Å². The molecule has 2 aromatic rings. The number of nitrogens with one attached hydrogen (secondary N) is 1. The Morgan fingerprint density at radius 3 is 2.62 bits per heavy atom. The van der Waals surface area contributed by atoms with Gasteiger partial charge in [-0.05, 0) is 18.2 Å². The molecule has 16 heavy (non-hydrogen) atoms. The summed E-state index contributed by atoms with van der Waals surface area (Å²) in [6.45, 7) is 0. The van der Waals surface area contributed by atoms with E-state index in [1.807, 2.05) is 48.3 Å². The number of hydrazine groups is 1. The number of hydrogen-bond acceptors (Lipinski definition) is 5. The van der Waals surface area contributed by atoms with E-state index < -0.39 is 0 Å². The molecule has 1 heterocycles. The Morgan fingerprint density at radius 1 is 1.19 bits per heavy atom. The van der Waals surface area contributed by atoms with Crippen molar-refractivity contribution in [3.05, 3.63) is 42.6 Å². The molecule has 0 fully saturated rings. The molecule has 0 saturated heterocycles. The largest absolute Gasteiger partial charge is 0.329 e. The molecule has 0 aliphatic heterocycles. The summed E-state index contributed by atoms with van der Waals surface area (Å²) in [5, 5.41) is 0. The molecule has 5 heteroatoms. The van der Waals surface area contributed by atoms with Crippen LogP contribution in [0.25, 0.3) is 0 Å².